The zero-order chi connectivity index (χ0) is 18.3. The van der Waals surface area contributed by atoms with Gasteiger partial charge < -0.3 is 10.2 Å². The molecule has 0 bridgehead atoms. The van der Waals surface area contributed by atoms with E-state index in [1.54, 1.807) is 0 Å². The van der Waals surface area contributed by atoms with E-state index >= 15 is 0 Å². The van der Waals surface area contributed by atoms with Crippen LogP contribution in [0.25, 0.3) is 10.9 Å². The van der Waals surface area contributed by atoms with Crippen molar-refractivity contribution in [2.75, 3.05) is 24.3 Å². The second-order valence-corrected chi connectivity index (χ2v) is 7.26. The van der Waals surface area contributed by atoms with Crippen molar-refractivity contribution in [3.63, 3.8) is 0 Å². The van der Waals surface area contributed by atoms with Crippen molar-refractivity contribution < 1.29 is 4.79 Å². The fourth-order valence-electron chi connectivity index (χ4n) is 3.55. The zero-order valence-electron chi connectivity index (χ0n) is 14.8. The number of aromatic nitrogens is 1. The number of halogens is 1. The number of anilines is 2. The smallest absolute Gasteiger partial charge is 0.256 e. The minimum absolute atomic E-state index is 0.103. The Balaban J connectivity index is 1.79. The van der Waals surface area contributed by atoms with Crippen molar-refractivity contribution in [1.82, 2.24) is 4.98 Å². The van der Waals surface area contributed by atoms with Gasteiger partial charge in [-0.1, -0.05) is 17.7 Å². The Bertz CT molecular complexity index is 1010. The van der Waals surface area contributed by atoms with Crippen LogP contribution in [0.1, 0.15) is 28.0 Å². The summed E-state index contributed by atoms with van der Waals surface area (Å²) in [5.74, 6) is -0.103. The Morgan fingerprint density at radius 1 is 1.15 bits per heavy atom. The second kappa shape index (κ2) is 6.61. The summed E-state index contributed by atoms with van der Waals surface area (Å²) in [5, 5.41) is 4.49. The Morgan fingerprint density at radius 3 is 2.81 bits per heavy atom. The summed E-state index contributed by atoms with van der Waals surface area (Å²) in [7, 11) is 3.96. The standard InChI is InChI=1S/C21H20ClN3O/c1-25(2)15-6-3-5-14(12-15)23-21(26)20-16-7-4-8-18(16)24-19-10-9-13(22)11-17(19)20/h3,5-6,9-12H,4,7-8H2,1-2H3,(H,23,26). The minimum atomic E-state index is -0.103. The van der Waals surface area contributed by atoms with Gasteiger partial charge in [0.2, 0.25) is 0 Å². The quantitative estimate of drug-likeness (QED) is 0.732. The molecular weight excluding hydrogens is 346 g/mol. The topological polar surface area (TPSA) is 45.2 Å². The molecule has 1 aliphatic carbocycles. The number of pyridine rings is 1. The van der Waals surface area contributed by atoms with Crippen LogP contribution < -0.4 is 10.2 Å². The van der Waals surface area contributed by atoms with Gasteiger partial charge in [-0.25, -0.2) is 0 Å². The molecule has 1 heterocycles. The molecular formula is C21H20ClN3O. The van der Waals surface area contributed by atoms with Crippen molar-refractivity contribution in [3.05, 3.63) is 64.3 Å². The molecule has 1 amide bonds. The molecule has 0 saturated heterocycles. The monoisotopic (exact) mass is 365 g/mol. The summed E-state index contributed by atoms with van der Waals surface area (Å²) in [4.78, 5) is 19.9. The van der Waals surface area contributed by atoms with E-state index in [9.17, 15) is 4.79 Å². The summed E-state index contributed by atoms with van der Waals surface area (Å²) in [6.07, 6.45) is 2.83. The number of rotatable bonds is 3. The lowest BCUT2D eigenvalue weighted by molar-refractivity contribution is 0.102. The van der Waals surface area contributed by atoms with Gasteiger partial charge in [0.15, 0.2) is 0 Å². The van der Waals surface area contributed by atoms with Gasteiger partial charge in [-0.05, 0) is 61.2 Å². The van der Waals surface area contributed by atoms with Gasteiger partial charge in [-0.15, -0.1) is 0 Å². The molecule has 1 N–H and O–H groups in total. The molecule has 0 atom stereocenters. The number of carbonyl (C=O) groups is 1. The maximum absolute atomic E-state index is 13.2. The minimum Gasteiger partial charge on any atom is -0.378 e. The summed E-state index contributed by atoms with van der Waals surface area (Å²) in [6, 6.07) is 13.4. The average molecular weight is 366 g/mol. The van der Waals surface area contributed by atoms with Crippen LogP contribution in [0.2, 0.25) is 5.02 Å². The first-order valence-corrected chi connectivity index (χ1v) is 9.10. The third-order valence-electron chi connectivity index (χ3n) is 4.82. The molecule has 5 heteroatoms. The summed E-state index contributed by atoms with van der Waals surface area (Å²) < 4.78 is 0. The molecule has 4 rings (SSSR count). The first kappa shape index (κ1) is 16.9. The lowest BCUT2D eigenvalue weighted by Gasteiger charge is -2.16. The number of nitrogens with zero attached hydrogens (tertiary/aromatic N) is 2. The van der Waals surface area contributed by atoms with E-state index in [-0.39, 0.29) is 5.91 Å². The summed E-state index contributed by atoms with van der Waals surface area (Å²) in [5.41, 5.74) is 5.44. The lowest BCUT2D eigenvalue weighted by atomic mass is 10.0. The highest BCUT2D eigenvalue weighted by atomic mass is 35.5. The highest BCUT2D eigenvalue weighted by Gasteiger charge is 2.24. The number of hydrogen-bond acceptors (Lipinski definition) is 3. The number of amides is 1. The van der Waals surface area contributed by atoms with E-state index < -0.39 is 0 Å². The van der Waals surface area contributed by atoms with Gasteiger partial charge in [0.25, 0.3) is 5.91 Å². The van der Waals surface area contributed by atoms with Crippen molar-refractivity contribution in [3.8, 4) is 0 Å². The van der Waals surface area contributed by atoms with Gasteiger partial charge in [0, 0.05) is 41.6 Å². The predicted octanol–water partition coefficient (Wildman–Crippen LogP) is 4.70. The molecule has 3 aromatic rings. The Morgan fingerprint density at radius 2 is 2.00 bits per heavy atom. The van der Waals surface area contributed by atoms with Crippen molar-refractivity contribution >= 4 is 39.8 Å². The largest absolute Gasteiger partial charge is 0.378 e. The SMILES string of the molecule is CN(C)c1cccc(NC(=O)c2c3c(nc4ccc(Cl)cc24)CCC3)c1. The van der Waals surface area contributed by atoms with Crippen LogP contribution in [0.4, 0.5) is 11.4 Å². The number of fused-ring (bicyclic) bond motifs is 2. The molecule has 1 aliphatic rings. The fourth-order valence-corrected chi connectivity index (χ4v) is 3.72. The molecule has 0 saturated carbocycles. The molecule has 0 spiro atoms. The molecule has 0 fully saturated rings. The molecule has 4 nitrogen and oxygen atoms in total. The van der Waals surface area contributed by atoms with Gasteiger partial charge in [0.1, 0.15) is 0 Å². The number of hydrogen-bond donors (Lipinski definition) is 1. The van der Waals surface area contributed by atoms with Gasteiger partial charge in [-0.3, -0.25) is 9.78 Å². The van der Waals surface area contributed by atoms with Crippen molar-refractivity contribution in [2.24, 2.45) is 0 Å². The molecule has 0 radical (unpaired) electrons. The van der Waals surface area contributed by atoms with Crippen LogP contribution in [0.5, 0.6) is 0 Å². The molecule has 0 unspecified atom stereocenters. The summed E-state index contributed by atoms with van der Waals surface area (Å²) in [6.45, 7) is 0. The van der Waals surface area contributed by atoms with E-state index in [0.717, 1.165) is 52.8 Å². The third kappa shape index (κ3) is 3.01. The first-order valence-electron chi connectivity index (χ1n) is 8.72. The van der Waals surface area contributed by atoms with E-state index in [4.69, 9.17) is 16.6 Å². The molecule has 0 aliphatic heterocycles. The normalized spacial score (nSPS) is 12.9. The van der Waals surface area contributed by atoms with Crippen LogP contribution >= 0.6 is 11.6 Å². The van der Waals surface area contributed by atoms with Crippen LogP contribution in [0, 0.1) is 0 Å². The van der Waals surface area contributed by atoms with E-state index in [1.807, 2.05) is 61.5 Å². The molecule has 1 aromatic heterocycles. The number of nitrogens with one attached hydrogen (secondary N) is 1. The van der Waals surface area contributed by atoms with Crippen LogP contribution in [-0.4, -0.2) is 25.0 Å². The van der Waals surface area contributed by atoms with Crippen LogP contribution in [0.15, 0.2) is 42.5 Å². The fraction of sp³-hybridized carbons (Fsp3) is 0.238. The highest BCUT2D eigenvalue weighted by Crippen LogP contribution is 2.32. The maximum atomic E-state index is 13.2. The Hall–Kier alpha value is -2.59. The molecule has 26 heavy (non-hydrogen) atoms. The van der Waals surface area contributed by atoms with Crippen LogP contribution in [0.3, 0.4) is 0 Å². The maximum Gasteiger partial charge on any atom is 0.256 e. The van der Waals surface area contributed by atoms with Gasteiger partial charge in [-0.2, -0.15) is 0 Å². The number of aryl methyl sites for hydroxylation is 1. The predicted molar refractivity (Wildman–Crippen MR) is 108 cm³/mol. The van der Waals surface area contributed by atoms with Gasteiger partial charge >= 0.3 is 0 Å². The average Bonchev–Trinajstić information content (AvgIpc) is 3.07. The first-order chi connectivity index (χ1) is 12.5. The van der Waals surface area contributed by atoms with Crippen molar-refractivity contribution in [2.45, 2.75) is 19.3 Å². The molecule has 2 aromatic carbocycles. The van der Waals surface area contributed by atoms with Crippen LogP contribution in [-0.2, 0) is 12.8 Å². The summed E-state index contributed by atoms with van der Waals surface area (Å²) >= 11 is 6.20. The number of benzene rings is 2. The van der Waals surface area contributed by atoms with E-state index in [2.05, 4.69) is 5.32 Å². The zero-order valence-corrected chi connectivity index (χ0v) is 15.6. The van der Waals surface area contributed by atoms with E-state index in [0.29, 0.717) is 10.6 Å². The van der Waals surface area contributed by atoms with E-state index in [1.165, 1.54) is 0 Å². The van der Waals surface area contributed by atoms with Crippen molar-refractivity contribution in [1.29, 1.82) is 0 Å². The Kier molecular flexibility index (Phi) is 4.29. The number of carbonyl (C=O) groups excluding carboxylic acids is 1. The third-order valence-corrected chi connectivity index (χ3v) is 5.06. The molecule has 132 valence electrons. The highest BCUT2D eigenvalue weighted by molar-refractivity contribution is 6.31. The lowest BCUT2D eigenvalue weighted by Crippen LogP contribution is -2.16. The second-order valence-electron chi connectivity index (χ2n) is 6.83. The Labute approximate surface area is 157 Å². The van der Waals surface area contributed by atoms with Gasteiger partial charge in [0.05, 0.1) is 11.1 Å².